The van der Waals surface area contributed by atoms with Crippen LogP contribution in [0.5, 0.6) is 0 Å². The first-order chi connectivity index (χ1) is 11.6. The van der Waals surface area contributed by atoms with E-state index in [4.69, 9.17) is 4.52 Å². The second-order valence-electron chi connectivity index (χ2n) is 5.20. The van der Waals surface area contributed by atoms with Gasteiger partial charge in [0.2, 0.25) is 0 Å². The van der Waals surface area contributed by atoms with Crippen molar-refractivity contribution >= 4 is 23.4 Å². The van der Waals surface area contributed by atoms with Gasteiger partial charge in [0.25, 0.3) is 5.91 Å². The summed E-state index contributed by atoms with van der Waals surface area (Å²) in [5, 5.41) is 6.24. The molecule has 0 atom stereocenters. The molecule has 1 aliphatic heterocycles. The van der Waals surface area contributed by atoms with Crippen molar-refractivity contribution in [1.29, 1.82) is 0 Å². The molecule has 1 aliphatic rings. The number of thioether (sulfide) groups is 1. The van der Waals surface area contributed by atoms with Gasteiger partial charge in [-0.2, -0.15) is 0 Å². The molecule has 24 heavy (non-hydrogen) atoms. The number of benzene rings is 2. The quantitative estimate of drug-likeness (QED) is 0.745. The van der Waals surface area contributed by atoms with Crippen molar-refractivity contribution in [2.24, 2.45) is 0 Å². The Bertz CT molecular complexity index is 956. The van der Waals surface area contributed by atoms with Crippen LogP contribution < -0.4 is 5.32 Å². The minimum atomic E-state index is -0.847. The molecule has 0 bridgehead atoms. The minimum absolute atomic E-state index is 0.107. The summed E-state index contributed by atoms with van der Waals surface area (Å²) in [5.74, 6) is -1.07. The van der Waals surface area contributed by atoms with E-state index in [0.29, 0.717) is 23.1 Å². The van der Waals surface area contributed by atoms with Crippen LogP contribution in [0, 0.1) is 11.6 Å². The Kier molecular flexibility index (Phi) is 3.57. The van der Waals surface area contributed by atoms with Gasteiger partial charge in [-0.05, 0) is 24.3 Å². The second-order valence-corrected chi connectivity index (χ2v) is 6.22. The van der Waals surface area contributed by atoms with Crippen LogP contribution >= 0.6 is 11.8 Å². The van der Waals surface area contributed by atoms with E-state index in [0.717, 1.165) is 16.5 Å². The zero-order valence-electron chi connectivity index (χ0n) is 12.2. The van der Waals surface area contributed by atoms with Crippen LogP contribution in [-0.2, 0) is 5.75 Å². The molecule has 2 aromatic carbocycles. The second kappa shape index (κ2) is 5.76. The molecule has 3 aromatic rings. The van der Waals surface area contributed by atoms with Gasteiger partial charge in [0.15, 0.2) is 11.5 Å². The fraction of sp³-hybridized carbons (Fsp3) is 0.0588. The molecule has 0 spiro atoms. The van der Waals surface area contributed by atoms with Gasteiger partial charge in [0.05, 0.1) is 5.69 Å². The number of hydrogen-bond acceptors (Lipinski definition) is 4. The summed E-state index contributed by atoms with van der Waals surface area (Å²) < 4.78 is 32.0. The van der Waals surface area contributed by atoms with E-state index in [-0.39, 0.29) is 11.4 Å². The van der Waals surface area contributed by atoms with Gasteiger partial charge >= 0.3 is 0 Å². The lowest BCUT2D eigenvalue weighted by atomic mass is 10.1. The Labute approximate surface area is 139 Å². The maximum atomic E-state index is 13.7. The van der Waals surface area contributed by atoms with Crippen molar-refractivity contribution < 1.29 is 18.1 Å². The molecule has 2 heterocycles. The predicted octanol–water partition coefficient (Wildman–Crippen LogP) is 4.48. The third kappa shape index (κ3) is 2.46. The smallest absolute Gasteiger partial charge is 0.278 e. The molecule has 0 unspecified atom stereocenters. The van der Waals surface area contributed by atoms with Gasteiger partial charge in [0.1, 0.15) is 11.6 Å². The molecule has 0 aliphatic carbocycles. The summed E-state index contributed by atoms with van der Waals surface area (Å²) in [7, 11) is 0. The number of amides is 1. The van der Waals surface area contributed by atoms with Crippen LogP contribution in [0.15, 0.2) is 51.9 Å². The average Bonchev–Trinajstić information content (AvgIpc) is 3.02. The molecule has 4 rings (SSSR count). The lowest BCUT2D eigenvalue weighted by Gasteiger charge is -2.13. The third-order valence-electron chi connectivity index (χ3n) is 3.69. The van der Waals surface area contributed by atoms with Gasteiger partial charge in [-0.15, -0.1) is 11.8 Å². The van der Waals surface area contributed by atoms with Crippen LogP contribution in [0.25, 0.3) is 11.3 Å². The standard InChI is InChI=1S/C17H10F2N2O2S/c18-9-5-6-13(12(19)7-9)20-17(22)15-11-8-24-14-4-2-1-3-10(14)16(11)23-21-15/h1-7H,8H2,(H,20,22). The summed E-state index contributed by atoms with van der Waals surface area (Å²) >= 11 is 1.58. The molecule has 1 N–H and O–H groups in total. The zero-order valence-corrected chi connectivity index (χ0v) is 13.0. The van der Waals surface area contributed by atoms with Crippen molar-refractivity contribution in [2.45, 2.75) is 10.6 Å². The number of hydrogen-bond donors (Lipinski definition) is 1. The highest BCUT2D eigenvalue weighted by molar-refractivity contribution is 7.98. The highest BCUT2D eigenvalue weighted by atomic mass is 32.2. The summed E-state index contributed by atoms with van der Waals surface area (Å²) in [5.41, 5.74) is 1.54. The Morgan fingerprint density at radius 1 is 1.21 bits per heavy atom. The average molecular weight is 344 g/mol. The van der Waals surface area contributed by atoms with E-state index >= 15 is 0 Å². The molecule has 7 heteroatoms. The van der Waals surface area contributed by atoms with E-state index in [1.807, 2.05) is 24.3 Å². The van der Waals surface area contributed by atoms with Crippen LogP contribution in [0.2, 0.25) is 0 Å². The lowest BCUT2D eigenvalue weighted by molar-refractivity contribution is 0.101. The van der Waals surface area contributed by atoms with Gasteiger partial charge in [-0.25, -0.2) is 8.78 Å². The molecule has 0 fully saturated rings. The third-order valence-corrected chi connectivity index (χ3v) is 4.79. The Balaban J connectivity index is 1.67. The fourth-order valence-corrected chi connectivity index (χ4v) is 3.59. The van der Waals surface area contributed by atoms with Gasteiger partial charge in [-0.3, -0.25) is 4.79 Å². The van der Waals surface area contributed by atoms with Gasteiger partial charge in [0, 0.05) is 27.8 Å². The molecule has 0 saturated heterocycles. The number of aromatic nitrogens is 1. The van der Waals surface area contributed by atoms with Crippen molar-refractivity contribution in [2.75, 3.05) is 5.32 Å². The van der Waals surface area contributed by atoms with Crippen molar-refractivity contribution in [3.63, 3.8) is 0 Å². The number of nitrogens with zero attached hydrogens (tertiary/aromatic N) is 1. The van der Waals surface area contributed by atoms with E-state index in [1.165, 1.54) is 6.07 Å². The van der Waals surface area contributed by atoms with Crippen molar-refractivity contribution in [1.82, 2.24) is 5.16 Å². The normalized spacial score (nSPS) is 12.4. The van der Waals surface area contributed by atoms with Crippen LogP contribution in [0.3, 0.4) is 0 Å². The van der Waals surface area contributed by atoms with Crippen LogP contribution in [0.4, 0.5) is 14.5 Å². The van der Waals surface area contributed by atoms with Gasteiger partial charge < -0.3 is 9.84 Å². The first-order valence-corrected chi connectivity index (χ1v) is 8.09. The number of rotatable bonds is 2. The largest absolute Gasteiger partial charge is 0.355 e. The molecule has 1 aromatic heterocycles. The Morgan fingerprint density at radius 2 is 2.04 bits per heavy atom. The highest BCUT2D eigenvalue weighted by Crippen LogP contribution is 2.42. The summed E-state index contributed by atoms with van der Waals surface area (Å²) in [6.45, 7) is 0. The Hall–Kier alpha value is -2.67. The summed E-state index contributed by atoms with van der Waals surface area (Å²) in [4.78, 5) is 13.4. The molecule has 1 amide bonds. The number of nitrogens with one attached hydrogen (secondary N) is 1. The van der Waals surface area contributed by atoms with Crippen LogP contribution in [0.1, 0.15) is 16.1 Å². The van der Waals surface area contributed by atoms with E-state index in [2.05, 4.69) is 10.5 Å². The first-order valence-electron chi connectivity index (χ1n) is 7.10. The number of carbonyl (C=O) groups is 1. The monoisotopic (exact) mass is 344 g/mol. The van der Waals surface area contributed by atoms with Crippen LogP contribution in [-0.4, -0.2) is 11.1 Å². The zero-order chi connectivity index (χ0) is 16.7. The SMILES string of the molecule is O=C(Nc1ccc(F)cc1F)c1noc2c1CSc1ccccc1-2. The number of halogens is 2. The van der Waals surface area contributed by atoms with E-state index in [9.17, 15) is 13.6 Å². The molecule has 120 valence electrons. The molecular formula is C17H10F2N2O2S. The minimum Gasteiger partial charge on any atom is -0.355 e. The summed E-state index contributed by atoms with van der Waals surface area (Å²) in [6, 6.07) is 10.6. The lowest BCUT2D eigenvalue weighted by Crippen LogP contribution is -2.15. The number of anilines is 1. The topological polar surface area (TPSA) is 55.1 Å². The molecular weight excluding hydrogens is 334 g/mol. The summed E-state index contributed by atoms with van der Waals surface area (Å²) in [6.07, 6.45) is 0. The van der Waals surface area contributed by atoms with E-state index < -0.39 is 17.5 Å². The molecule has 4 nitrogen and oxygen atoms in total. The maximum absolute atomic E-state index is 13.7. The Morgan fingerprint density at radius 3 is 2.88 bits per heavy atom. The van der Waals surface area contributed by atoms with Gasteiger partial charge in [-0.1, -0.05) is 17.3 Å². The fourth-order valence-electron chi connectivity index (χ4n) is 2.54. The number of fused-ring (bicyclic) bond motifs is 3. The maximum Gasteiger partial charge on any atom is 0.278 e. The highest BCUT2D eigenvalue weighted by Gasteiger charge is 2.28. The molecule has 0 radical (unpaired) electrons. The predicted molar refractivity (Wildman–Crippen MR) is 85.8 cm³/mol. The van der Waals surface area contributed by atoms with Crippen molar-refractivity contribution in [3.05, 3.63) is 65.4 Å². The van der Waals surface area contributed by atoms with Crippen molar-refractivity contribution in [3.8, 4) is 11.3 Å². The number of carbonyl (C=O) groups excluding carboxylic acids is 1. The van der Waals surface area contributed by atoms with E-state index in [1.54, 1.807) is 11.8 Å². The molecule has 0 saturated carbocycles. The first kappa shape index (κ1) is 14.9.